The molecule has 5 atom stereocenters. The second-order valence-electron chi connectivity index (χ2n) is 17.1. The highest BCUT2D eigenvalue weighted by Crippen LogP contribution is 2.54. The van der Waals surface area contributed by atoms with Crippen LogP contribution in [0.5, 0.6) is 6.01 Å². The number of carbonyl (C=O) groups excluding carboxylic acids is 3. The number of nitrogens with one attached hydrogen (secondary N) is 1. The number of ether oxygens (including phenoxy) is 1. The summed E-state index contributed by atoms with van der Waals surface area (Å²) in [6, 6.07) is 15.1. The van der Waals surface area contributed by atoms with Crippen LogP contribution in [-0.4, -0.2) is 75.1 Å². The van der Waals surface area contributed by atoms with Crippen molar-refractivity contribution in [2.24, 2.45) is 22.8 Å². The second-order valence-corrected chi connectivity index (χ2v) is 20.1. The molecule has 2 saturated carbocycles. The number of nitrogens with zero attached hydrogens (tertiary/aromatic N) is 4. The Labute approximate surface area is 344 Å². The van der Waals surface area contributed by atoms with E-state index in [-0.39, 0.29) is 36.2 Å². The van der Waals surface area contributed by atoms with Crippen molar-refractivity contribution >= 4 is 50.1 Å². The second kappa shape index (κ2) is 16.6. The molecule has 0 radical (unpaired) electrons. The van der Waals surface area contributed by atoms with Crippen molar-refractivity contribution < 1.29 is 27.5 Å². The first-order chi connectivity index (χ1) is 27.6. The van der Waals surface area contributed by atoms with E-state index in [4.69, 9.17) is 26.2 Å². The Morgan fingerprint density at radius 3 is 2.52 bits per heavy atom. The standard InChI is InChI=1S/C43H55N7O6S2/c1-27(2)50-34-18-13-16-31(39-46-29(26-57-39)22-28-14-9-8-10-15-28)36(34)47-41(50)56-30-23-35(37(45)51)49(25-30)40(53)33(44)17-11-6-5-7-12-19-42(3)24-32(42)38(52)48-58(54,55)43(4)20-21-43/h8-10,12-16,18-19,26-27,30,32-33,35H,5-7,11,17,20-25,44H2,1-4H3,(H2,45,51)(H,48,52). The van der Waals surface area contributed by atoms with Crippen molar-refractivity contribution in [3.05, 3.63) is 77.3 Å². The van der Waals surface area contributed by atoms with E-state index in [1.807, 2.05) is 60.0 Å². The highest BCUT2D eigenvalue weighted by atomic mass is 32.2. The molecule has 2 aliphatic carbocycles. The van der Waals surface area contributed by atoms with Crippen LogP contribution in [0.15, 0.2) is 66.1 Å². The number of thiazole rings is 1. The molecule has 2 aromatic carbocycles. The third-order valence-corrected chi connectivity index (χ3v) is 15.1. The molecule has 3 aliphatic rings. The number of nitrogens with two attached hydrogens (primary N) is 2. The molecule has 3 heterocycles. The molecule has 0 bridgehead atoms. The Balaban J connectivity index is 0.916. The van der Waals surface area contributed by atoms with Crippen LogP contribution in [0.25, 0.3) is 21.6 Å². The molecule has 4 aromatic rings. The number of imidazole rings is 1. The predicted octanol–water partition coefficient (Wildman–Crippen LogP) is 6.02. The third kappa shape index (κ3) is 8.86. The zero-order chi connectivity index (χ0) is 41.4. The Morgan fingerprint density at radius 2 is 1.81 bits per heavy atom. The van der Waals surface area contributed by atoms with Gasteiger partial charge in [0.1, 0.15) is 22.7 Å². The van der Waals surface area contributed by atoms with Gasteiger partial charge in [-0.3, -0.25) is 23.7 Å². The zero-order valence-corrected chi connectivity index (χ0v) is 35.4. The smallest absolute Gasteiger partial charge is 0.297 e. The lowest BCUT2D eigenvalue weighted by molar-refractivity contribution is -0.138. The molecular formula is C43H55N7O6S2. The highest BCUT2D eigenvalue weighted by molar-refractivity contribution is 7.91. The SMILES string of the molecule is CC(C)n1c(OC2CC(C(N)=O)N(C(=O)C(N)CCCCCC=CC3(C)CC3C(=O)NS(=O)(=O)C3(C)CC3)C2)nc2c(-c3nc(Cc4ccccc4)cs3)cccc21. The van der Waals surface area contributed by atoms with Crippen LogP contribution < -0.4 is 20.9 Å². The van der Waals surface area contributed by atoms with Gasteiger partial charge in [0.25, 0.3) is 6.01 Å². The lowest BCUT2D eigenvalue weighted by atomic mass is 10.0. The number of carbonyl (C=O) groups is 3. The van der Waals surface area contributed by atoms with Crippen molar-refractivity contribution in [3.8, 4) is 16.6 Å². The first kappa shape index (κ1) is 41.6. The Bertz CT molecular complexity index is 2300. The lowest BCUT2D eigenvalue weighted by Gasteiger charge is -2.25. The summed E-state index contributed by atoms with van der Waals surface area (Å²) in [4.78, 5) is 50.3. The average molecular weight is 830 g/mol. The number of para-hydroxylation sites is 1. The summed E-state index contributed by atoms with van der Waals surface area (Å²) >= 11 is 1.58. The molecule has 1 aliphatic heterocycles. The number of sulfonamides is 1. The molecule has 7 rings (SSSR count). The Morgan fingerprint density at radius 1 is 1.05 bits per heavy atom. The van der Waals surface area contributed by atoms with Crippen molar-refractivity contribution in [3.63, 3.8) is 0 Å². The van der Waals surface area contributed by atoms with Crippen molar-refractivity contribution in [2.75, 3.05) is 6.54 Å². The number of hydrogen-bond acceptors (Lipinski definition) is 10. The number of benzene rings is 2. The summed E-state index contributed by atoms with van der Waals surface area (Å²) in [5.74, 6) is -1.69. The summed E-state index contributed by atoms with van der Waals surface area (Å²) in [5, 5.41) is 2.95. The maximum Gasteiger partial charge on any atom is 0.297 e. The normalized spacial score (nSPS) is 23.1. The summed E-state index contributed by atoms with van der Waals surface area (Å²) in [6.45, 7) is 7.92. The van der Waals surface area contributed by atoms with Crippen molar-refractivity contribution in [2.45, 2.75) is 121 Å². The molecule has 3 fully saturated rings. The zero-order valence-electron chi connectivity index (χ0n) is 33.7. The van der Waals surface area contributed by atoms with Gasteiger partial charge >= 0.3 is 0 Å². The number of rotatable bonds is 18. The van der Waals surface area contributed by atoms with Crippen LogP contribution in [-0.2, 0) is 30.8 Å². The number of fused-ring (bicyclic) bond motifs is 1. The minimum absolute atomic E-state index is 0.0111. The highest BCUT2D eigenvalue weighted by Gasteiger charge is 2.56. The van der Waals surface area contributed by atoms with Crippen LogP contribution in [0.2, 0.25) is 0 Å². The Hall–Kier alpha value is -4.60. The first-order valence-electron chi connectivity index (χ1n) is 20.3. The van der Waals surface area contributed by atoms with Gasteiger partial charge in [-0.15, -0.1) is 11.3 Å². The lowest BCUT2D eigenvalue weighted by Crippen LogP contribution is -2.50. The summed E-state index contributed by atoms with van der Waals surface area (Å²) < 4.78 is 34.9. The van der Waals surface area contributed by atoms with Crippen LogP contribution in [0.3, 0.4) is 0 Å². The van der Waals surface area contributed by atoms with E-state index in [9.17, 15) is 22.8 Å². The molecule has 5 unspecified atom stereocenters. The minimum atomic E-state index is -3.64. The van der Waals surface area contributed by atoms with Crippen LogP contribution in [0.1, 0.15) is 103 Å². The van der Waals surface area contributed by atoms with Gasteiger partial charge in [-0.2, -0.15) is 4.98 Å². The van der Waals surface area contributed by atoms with Gasteiger partial charge in [0.05, 0.1) is 28.5 Å². The van der Waals surface area contributed by atoms with E-state index in [1.54, 1.807) is 18.3 Å². The van der Waals surface area contributed by atoms with E-state index >= 15 is 0 Å². The maximum absolute atomic E-state index is 13.6. The molecule has 3 amide bonds. The number of aromatic nitrogens is 3. The fourth-order valence-corrected chi connectivity index (χ4v) is 10.1. The van der Waals surface area contributed by atoms with Gasteiger partial charge in [0.2, 0.25) is 27.7 Å². The number of amides is 3. The van der Waals surface area contributed by atoms with Crippen LogP contribution >= 0.6 is 11.3 Å². The van der Waals surface area contributed by atoms with E-state index in [2.05, 4.69) is 36.1 Å². The first-order valence-corrected chi connectivity index (χ1v) is 22.7. The van der Waals surface area contributed by atoms with Gasteiger partial charge in [-0.1, -0.05) is 68.3 Å². The van der Waals surface area contributed by atoms with Crippen LogP contribution in [0.4, 0.5) is 0 Å². The molecule has 5 N–H and O–H groups in total. The third-order valence-electron chi connectivity index (χ3n) is 12.0. The molecule has 15 heteroatoms. The molecule has 58 heavy (non-hydrogen) atoms. The number of primary amides is 1. The summed E-state index contributed by atoms with van der Waals surface area (Å²) in [7, 11) is -3.64. The molecular weight excluding hydrogens is 775 g/mol. The van der Waals surface area contributed by atoms with Gasteiger partial charge < -0.3 is 21.1 Å². The maximum atomic E-state index is 13.6. The van der Waals surface area contributed by atoms with Gasteiger partial charge in [0.15, 0.2) is 0 Å². The molecule has 1 saturated heterocycles. The molecule has 310 valence electrons. The predicted molar refractivity (Wildman–Crippen MR) is 225 cm³/mol. The largest absolute Gasteiger partial charge is 0.459 e. The number of likely N-dealkylation sites (tertiary alicyclic amines) is 1. The van der Waals surface area contributed by atoms with Gasteiger partial charge in [-0.25, -0.2) is 13.4 Å². The Kier molecular flexibility index (Phi) is 11.9. The quantitative estimate of drug-likeness (QED) is 0.0794. The van der Waals surface area contributed by atoms with Gasteiger partial charge in [0, 0.05) is 35.7 Å². The minimum Gasteiger partial charge on any atom is -0.459 e. The van der Waals surface area contributed by atoms with Crippen molar-refractivity contribution in [1.82, 2.24) is 24.2 Å². The van der Waals surface area contributed by atoms with E-state index < -0.39 is 44.8 Å². The molecule has 2 aromatic heterocycles. The fraction of sp³-hybridized carbons (Fsp3) is 0.512. The average Bonchev–Trinajstić information content (AvgIpc) is 3.85. The van der Waals surface area contributed by atoms with Crippen LogP contribution in [0, 0.1) is 11.3 Å². The number of hydrogen-bond donors (Lipinski definition) is 3. The van der Waals surface area contributed by atoms with E-state index in [0.29, 0.717) is 31.7 Å². The van der Waals surface area contributed by atoms with Crippen molar-refractivity contribution in [1.29, 1.82) is 0 Å². The molecule has 0 spiro atoms. The number of allylic oxidation sites excluding steroid dienone is 2. The summed E-state index contributed by atoms with van der Waals surface area (Å²) in [5.41, 5.74) is 16.7. The van der Waals surface area contributed by atoms with E-state index in [0.717, 1.165) is 59.4 Å². The summed E-state index contributed by atoms with van der Waals surface area (Å²) in [6.07, 6.45) is 10.0. The monoisotopic (exact) mass is 829 g/mol. The topological polar surface area (TPSA) is 193 Å². The van der Waals surface area contributed by atoms with Gasteiger partial charge in [-0.05, 0) is 82.4 Å². The molecule has 13 nitrogen and oxygen atoms in total. The van der Waals surface area contributed by atoms with E-state index in [1.165, 1.54) is 10.5 Å². The number of unbranched alkanes of at least 4 members (excludes halogenated alkanes) is 3. The fourth-order valence-electron chi connectivity index (χ4n) is 7.93.